The summed E-state index contributed by atoms with van der Waals surface area (Å²) in [5.41, 5.74) is 2.42. The molecule has 1 aromatic heterocycles. The summed E-state index contributed by atoms with van der Waals surface area (Å²) in [4.78, 5) is 30.7. The number of carbonyl (C=O) groups excluding carboxylic acids is 2. The first-order valence-electron chi connectivity index (χ1n) is 10.8. The van der Waals surface area contributed by atoms with Crippen LogP contribution in [0.3, 0.4) is 0 Å². The SMILES string of the molecule is COC(=O)Cn1c(=NC(=O)C(c2ccccc2)c2ccccc2)sc2cc3c(cc21)OCCO3. The molecule has 0 unspecified atom stereocenters. The van der Waals surface area contributed by atoms with Crippen molar-refractivity contribution in [3.8, 4) is 11.5 Å². The van der Waals surface area contributed by atoms with Gasteiger partial charge in [0.25, 0.3) is 5.91 Å². The summed E-state index contributed by atoms with van der Waals surface area (Å²) in [7, 11) is 1.33. The summed E-state index contributed by atoms with van der Waals surface area (Å²) >= 11 is 1.32. The van der Waals surface area contributed by atoms with Gasteiger partial charge in [-0.05, 0) is 11.1 Å². The highest BCUT2D eigenvalue weighted by Gasteiger charge is 2.24. The van der Waals surface area contributed by atoms with Gasteiger partial charge in [-0.1, -0.05) is 72.0 Å². The molecule has 1 aliphatic heterocycles. The molecule has 34 heavy (non-hydrogen) atoms. The van der Waals surface area contributed by atoms with E-state index >= 15 is 0 Å². The number of rotatable bonds is 5. The van der Waals surface area contributed by atoms with Gasteiger partial charge in [-0.15, -0.1) is 0 Å². The fraction of sp³-hybridized carbons (Fsp3) is 0.192. The summed E-state index contributed by atoms with van der Waals surface area (Å²) < 4.78 is 18.8. The third kappa shape index (κ3) is 4.32. The molecule has 7 nitrogen and oxygen atoms in total. The van der Waals surface area contributed by atoms with Crippen LogP contribution in [0.15, 0.2) is 77.8 Å². The number of methoxy groups -OCH3 is 1. The molecule has 0 fully saturated rings. The van der Waals surface area contributed by atoms with Crippen molar-refractivity contribution in [1.29, 1.82) is 0 Å². The van der Waals surface area contributed by atoms with Crippen molar-refractivity contribution in [2.45, 2.75) is 12.5 Å². The van der Waals surface area contributed by atoms with Gasteiger partial charge in [-0.2, -0.15) is 4.99 Å². The quantitative estimate of drug-likeness (QED) is 0.410. The van der Waals surface area contributed by atoms with E-state index in [-0.39, 0.29) is 12.5 Å². The first kappa shape index (κ1) is 21.9. The maximum absolute atomic E-state index is 13.6. The Bertz CT molecular complexity index is 1370. The summed E-state index contributed by atoms with van der Waals surface area (Å²) in [6.45, 7) is 0.840. The smallest absolute Gasteiger partial charge is 0.325 e. The van der Waals surface area contributed by atoms with Gasteiger partial charge in [0.05, 0.1) is 23.2 Å². The van der Waals surface area contributed by atoms with Crippen LogP contribution >= 0.6 is 11.3 Å². The number of esters is 1. The Hall–Kier alpha value is -3.91. The van der Waals surface area contributed by atoms with Crippen LogP contribution in [-0.2, 0) is 20.9 Å². The van der Waals surface area contributed by atoms with Crippen molar-refractivity contribution in [2.75, 3.05) is 20.3 Å². The minimum absolute atomic E-state index is 0.0798. The van der Waals surface area contributed by atoms with Crippen molar-refractivity contribution in [1.82, 2.24) is 4.57 Å². The minimum atomic E-state index is -0.570. The number of carbonyl (C=O) groups is 2. The fourth-order valence-corrected chi connectivity index (χ4v) is 5.01. The van der Waals surface area contributed by atoms with Crippen LogP contribution in [0.5, 0.6) is 11.5 Å². The first-order chi connectivity index (χ1) is 16.6. The van der Waals surface area contributed by atoms with E-state index in [2.05, 4.69) is 4.99 Å². The van der Waals surface area contributed by atoms with Gasteiger partial charge in [0.15, 0.2) is 16.3 Å². The fourth-order valence-electron chi connectivity index (χ4n) is 3.97. The third-order valence-electron chi connectivity index (χ3n) is 5.58. The Morgan fingerprint density at radius 3 is 2.15 bits per heavy atom. The Balaban J connectivity index is 1.66. The Morgan fingerprint density at radius 1 is 0.971 bits per heavy atom. The van der Waals surface area contributed by atoms with E-state index in [0.717, 1.165) is 21.3 Å². The van der Waals surface area contributed by atoms with Crippen LogP contribution < -0.4 is 14.3 Å². The van der Waals surface area contributed by atoms with Crippen LogP contribution in [-0.4, -0.2) is 36.8 Å². The van der Waals surface area contributed by atoms with Gasteiger partial charge < -0.3 is 18.8 Å². The molecule has 172 valence electrons. The highest BCUT2D eigenvalue weighted by molar-refractivity contribution is 7.16. The minimum Gasteiger partial charge on any atom is -0.486 e. The number of amides is 1. The maximum Gasteiger partial charge on any atom is 0.325 e. The number of hydrogen-bond donors (Lipinski definition) is 0. The largest absolute Gasteiger partial charge is 0.486 e. The Kier molecular flexibility index (Phi) is 6.14. The average molecular weight is 475 g/mol. The van der Waals surface area contributed by atoms with Gasteiger partial charge in [-0.25, -0.2) is 0 Å². The van der Waals surface area contributed by atoms with Crippen molar-refractivity contribution in [3.63, 3.8) is 0 Å². The molecule has 8 heteroatoms. The third-order valence-corrected chi connectivity index (χ3v) is 6.62. The van der Waals surface area contributed by atoms with E-state index in [1.54, 1.807) is 4.57 Å². The van der Waals surface area contributed by atoms with Gasteiger partial charge >= 0.3 is 5.97 Å². The lowest BCUT2D eigenvalue weighted by Crippen LogP contribution is -2.24. The molecule has 0 aliphatic carbocycles. The van der Waals surface area contributed by atoms with Crippen LogP contribution in [0, 0.1) is 0 Å². The van der Waals surface area contributed by atoms with Gasteiger partial charge in [0, 0.05) is 12.1 Å². The lowest BCUT2D eigenvalue weighted by Gasteiger charge is -2.18. The predicted octanol–water partition coefficient (Wildman–Crippen LogP) is 3.91. The molecule has 0 atom stereocenters. The number of nitrogens with zero attached hydrogens (tertiary/aromatic N) is 2. The molecule has 1 amide bonds. The summed E-state index contributed by atoms with van der Waals surface area (Å²) in [6, 6.07) is 22.8. The predicted molar refractivity (Wildman–Crippen MR) is 128 cm³/mol. The maximum atomic E-state index is 13.6. The standard InChI is InChI=1S/C26H22N2O5S/c1-31-23(29)16-28-19-14-20-21(33-13-12-32-20)15-22(19)34-26(28)27-25(30)24(17-8-4-2-5-9-17)18-10-6-3-7-11-18/h2-11,14-15,24H,12-13,16H2,1H3. The van der Waals surface area contributed by atoms with Gasteiger partial charge in [0.2, 0.25) is 0 Å². The van der Waals surface area contributed by atoms with E-state index in [1.165, 1.54) is 18.4 Å². The van der Waals surface area contributed by atoms with E-state index in [1.807, 2.05) is 72.8 Å². The molecule has 0 N–H and O–H groups in total. The number of ether oxygens (including phenoxy) is 3. The Labute approximate surface area is 199 Å². The number of hydrogen-bond acceptors (Lipinski definition) is 6. The lowest BCUT2D eigenvalue weighted by molar-refractivity contribution is -0.141. The molecule has 5 rings (SSSR count). The van der Waals surface area contributed by atoms with Gasteiger partial charge in [0.1, 0.15) is 19.8 Å². The zero-order valence-electron chi connectivity index (χ0n) is 18.5. The summed E-state index contributed by atoms with van der Waals surface area (Å²) in [6.07, 6.45) is 0. The average Bonchev–Trinajstić information content (AvgIpc) is 3.19. The highest BCUT2D eigenvalue weighted by Crippen LogP contribution is 2.35. The summed E-state index contributed by atoms with van der Waals surface area (Å²) in [5, 5.41) is 0. The van der Waals surface area contributed by atoms with Crippen molar-refractivity contribution >= 4 is 33.4 Å². The van der Waals surface area contributed by atoms with E-state index in [4.69, 9.17) is 14.2 Å². The second-order valence-electron chi connectivity index (χ2n) is 7.71. The van der Waals surface area contributed by atoms with Crippen LogP contribution in [0.4, 0.5) is 0 Å². The first-order valence-corrected chi connectivity index (χ1v) is 11.6. The monoisotopic (exact) mass is 474 g/mol. The molecule has 0 spiro atoms. The zero-order chi connectivity index (χ0) is 23.5. The molecule has 0 saturated heterocycles. The molecule has 3 aromatic carbocycles. The van der Waals surface area contributed by atoms with Crippen molar-refractivity contribution < 1.29 is 23.8 Å². The molecular formula is C26H22N2O5S. The molecule has 4 aromatic rings. The molecular weight excluding hydrogens is 452 g/mol. The molecule has 1 aliphatic rings. The second kappa shape index (κ2) is 9.52. The lowest BCUT2D eigenvalue weighted by atomic mass is 9.91. The number of aromatic nitrogens is 1. The number of fused-ring (bicyclic) bond motifs is 2. The van der Waals surface area contributed by atoms with E-state index in [9.17, 15) is 9.59 Å². The highest BCUT2D eigenvalue weighted by atomic mass is 32.1. The van der Waals surface area contributed by atoms with Crippen LogP contribution in [0.1, 0.15) is 17.0 Å². The molecule has 0 radical (unpaired) electrons. The van der Waals surface area contributed by atoms with Crippen LogP contribution in [0.2, 0.25) is 0 Å². The normalized spacial score (nSPS) is 13.3. The topological polar surface area (TPSA) is 79.1 Å². The second-order valence-corrected chi connectivity index (χ2v) is 8.72. The molecule has 0 saturated carbocycles. The van der Waals surface area contributed by atoms with Crippen molar-refractivity contribution in [3.05, 3.63) is 88.7 Å². The van der Waals surface area contributed by atoms with Gasteiger partial charge in [-0.3, -0.25) is 9.59 Å². The van der Waals surface area contributed by atoms with Crippen LogP contribution in [0.25, 0.3) is 10.2 Å². The summed E-state index contributed by atoms with van der Waals surface area (Å²) in [5.74, 6) is -0.0981. The zero-order valence-corrected chi connectivity index (χ0v) is 19.3. The molecule has 2 heterocycles. The van der Waals surface area contributed by atoms with E-state index < -0.39 is 11.9 Å². The molecule has 0 bridgehead atoms. The van der Waals surface area contributed by atoms with E-state index in [0.29, 0.717) is 29.5 Å². The Morgan fingerprint density at radius 2 is 1.56 bits per heavy atom. The number of benzene rings is 3. The van der Waals surface area contributed by atoms with Crippen molar-refractivity contribution in [2.24, 2.45) is 4.99 Å². The number of thiazole rings is 1.